The minimum atomic E-state index is -0.379. The molecule has 0 saturated carbocycles. The zero-order valence-corrected chi connectivity index (χ0v) is 14.7. The van der Waals surface area contributed by atoms with E-state index in [1.165, 1.54) is 0 Å². The van der Waals surface area contributed by atoms with Crippen molar-refractivity contribution >= 4 is 21.9 Å². The number of esters is 1. The molecule has 0 radical (unpaired) electrons. The number of hydrogen-bond donors (Lipinski definition) is 0. The van der Waals surface area contributed by atoms with Crippen molar-refractivity contribution in [2.45, 2.75) is 26.7 Å². The van der Waals surface area contributed by atoms with Crippen LogP contribution in [0.15, 0.2) is 40.9 Å². The molecule has 116 valence electrons. The summed E-state index contributed by atoms with van der Waals surface area (Å²) in [4.78, 5) is 12.4. The molecular weight excluding hydrogens is 344 g/mol. The third-order valence-corrected chi connectivity index (χ3v) is 4.00. The Labute approximate surface area is 139 Å². The molecule has 0 aliphatic heterocycles. The second kappa shape index (κ2) is 6.97. The summed E-state index contributed by atoms with van der Waals surface area (Å²) < 4.78 is 11.5. The van der Waals surface area contributed by atoms with E-state index in [4.69, 9.17) is 9.47 Å². The Bertz CT molecular complexity index is 693. The van der Waals surface area contributed by atoms with Crippen LogP contribution in [-0.2, 0) is 0 Å². The van der Waals surface area contributed by atoms with Crippen molar-refractivity contribution < 1.29 is 14.3 Å². The van der Waals surface area contributed by atoms with Crippen molar-refractivity contribution in [2.24, 2.45) is 0 Å². The van der Waals surface area contributed by atoms with Gasteiger partial charge in [0.1, 0.15) is 11.5 Å². The van der Waals surface area contributed by atoms with Gasteiger partial charge in [-0.15, -0.1) is 0 Å². The number of rotatable bonds is 4. The molecule has 0 heterocycles. The SMILES string of the molecule is COc1ccc(C(=O)Oc2cc(C)ccc2C(C)C)cc1Br. The van der Waals surface area contributed by atoms with Crippen LogP contribution in [0.25, 0.3) is 0 Å². The van der Waals surface area contributed by atoms with Gasteiger partial charge in [-0.25, -0.2) is 4.79 Å². The predicted octanol–water partition coefficient (Wildman–Crippen LogP) is 5.11. The average molecular weight is 363 g/mol. The van der Waals surface area contributed by atoms with E-state index in [2.05, 4.69) is 29.8 Å². The maximum absolute atomic E-state index is 12.4. The Morgan fingerprint density at radius 3 is 2.41 bits per heavy atom. The topological polar surface area (TPSA) is 35.5 Å². The Hall–Kier alpha value is -1.81. The lowest BCUT2D eigenvalue weighted by Gasteiger charge is -2.14. The highest BCUT2D eigenvalue weighted by Crippen LogP contribution is 2.29. The summed E-state index contributed by atoms with van der Waals surface area (Å²) in [6, 6.07) is 11.1. The van der Waals surface area contributed by atoms with Gasteiger partial charge in [-0.2, -0.15) is 0 Å². The Kier molecular flexibility index (Phi) is 5.24. The number of carbonyl (C=O) groups is 1. The summed E-state index contributed by atoms with van der Waals surface area (Å²) >= 11 is 3.38. The van der Waals surface area contributed by atoms with Crippen LogP contribution in [0.3, 0.4) is 0 Å². The van der Waals surface area contributed by atoms with Gasteiger partial charge in [0.2, 0.25) is 0 Å². The lowest BCUT2D eigenvalue weighted by molar-refractivity contribution is 0.0732. The number of methoxy groups -OCH3 is 1. The van der Waals surface area contributed by atoms with Crippen LogP contribution >= 0.6 is 15.9 Å². The highest BCUT2D eigenvalue weighted by molar-refractivity contribution is 9.10. The molecule has 0 aliphatic carbocycles. The first kappa shape index (κ1) is 16.6. The number of benzene rings is 2. The molecule has 3 nitrogen and oxygen atoms in total. The second-order valence-corrected chi connectivity index (χ2v) is 6.29. The van der Waals surface area contributed by atoms with E-state index in [-0.39, 0.29) is 11.9 Å². The summed E-state index contributed by atoms with van der Waals surface area (Å²) in [6.45, 7) is 6.13. The van der Waals surface area contributed by atoms with Crippen molar-refractivity contribution in [3.8, 4) is 11.5 Å². The predicted molar refractivity (Wildman–Crippen MR) is 90.9 cm³/mol. The third-order valence-electron chi connectivity index (χ3n) is 3.38. The number of carbonyl (C=O) groups excluding carboxylic acids is 1. The van der Waals surface area contributed by atoms with E-state index in [1.54, 1.807) is 25.3 Å². The molecule has 0 amide bonds. The fraction of sp³-hybridized carbons (Fsp3) is 0.278. The number of ether oxygens (including phenoxy) is 2. The highest BCUT2D eigenvalue weighted by atomic mass is 79.9. The number of hydrogen-bond acceptors (Lipinski definition) is 3. The molecule has 4 heteroatoms. The standard InChI is InChI=1S/C18H19BrO3/c1-11(2)14-7-5-12(3)9-17(14)22-18(20)13-6-8-16(21-4)15(19)10-13/h5-11H,1-4H3. The molecule has 22 heavy (non-hydrogen) atoms. The number of aryl methyl sites for hydroxylation is 1. The van der Waals surface area contributed by atoms with Gasteiger partial charge in [0.15, 0.2) is 0 Å². The van der Waals surface area contributed by atoms with Crippen LogP contribution in [-0.4, -0.2) is 13.1 Å². The van der Waals surface area contributed by atoms with Crippen LogP contribution in [0.5, 0.6) is 11.5 Å². The largest absolute Gasteiger partial charge is 0.496 e. The van der Waals surface area contributed by atoms with E-state index in [1.807, 2.05) is 25.1 Å². The van der Waals surface area contributed by atoms with E-state index in [0.29, 0.717) is 17.1 Å². The van der Waals surface area contributed by atoms with Gasteiger partial charge < -0.3 is 9.47 Å². The Morgan fingerprint density at radius 1 is 1.09 bits per heavy atom. The van der Waals surface area contributed by atoms with E-state index in [9.17, 15) is 4.79 Å². The van der Waals surface area contributed by atoms with Gasteiger partial charge in [0.05, 0.1) is 17.1 Å². The monoisotopic (exact) mass is 362 g/mol. The molecule has 0 aromatic heterocycles. The fourth-order valence-electron chi connectivity index (χ4n) is 2.16. The molecule has 0 N–H and O–H groups in total. The van der Waals surface area contributed by atoms with Crippen molar-refractivity contribution in [1.82, 2.24) is 0 Å². The molecule has 0 aliphatic rings. The van der Waals surface area contributed by atoms with Crippen molar-refractivity contribution in [1.29, 1.82) is 0 Å². The maximum atomic E-state index is 12.4. The molecule has 2 aromatic rings. The third kappa shape index (κ3) is 3.69. The quantitative estimate of drug-likeness (QED) is 0.559. The smallest absolute Gasteiger partial charge is 0.343 e. The minimum Gasteiger partial charge on any atom is -0.496 e. The summed E-state index contributed by atoms with van der Waals surface area (Å²) in [6.07, 6.45) is 0. The first-order valence-corrected chi connectivity index (χ1v) is 7.88. The van der Waals surface area contributed by atoms with Gasteiger partial charge in [0.25, 0.3) is 0 Å². The van der Waals surface area contributed by atoms with Crippen molar-refractivity contribution in [3.63, 3.8) is 0 Å². The molecule has 2 aromatic carbocycles. The van der Waals surface area contributed by atoms with E-state index < -0.39 is 0 Å². The number of halogens is 1. The normalized spacial score (nSPS) is 10.6. The lowest BCUT2D eigenvalue weighted by atomic mass is 10.0. The van der Waals surface area contributed by atoms with Crippen LogP contribution < -0.4 is 9.47 Å². The zero-order valence-electron chi connectivity index (χ0n) is 13.1. The zero-order chi connectivity index (χ0) is 16.3. The Morgan fingerprint density at radius 2 is 1.82 bits per heavy atom. The molecule has 0 spiro atoms. The van der Waals surface area contributed by atoms with Gasteiger partial charge >= 0.3 is 5.97 Å². The summed E-state index contributed by atoms with van der Waals surface area (Å²) in [5.74, 6) is 1.20. The van der Waals surface area contributed by atoms with E-state index in [0.717, 1.165) is 15.6 Å². The molecule has 0 fully saturated rings. The van der Waals surface area contributed by atoms with Crippen LogP contribution in [0.4, 0.5) is 0 Å². The van der Waals surface area contributed by atoms with Gasteiger partial charge in [-0.1, -0.05) is 26.0 Å². The minimum absolute atomic E-state index is 0.283. The summed E-state index contributed by atoms with van der Waals surface area (Å²) in [5.41, 5.74) is 2.55. The fourth-order valence-corrected chi connectivity index (χ4v) is 2.70. The van der Waals surface area contributed by atoms with Gasteiger partial charge in [-0.3, -0.25) is 0 Å². The molecular formula is C18H19BrO3. The highest BCUT2D eigenvalue weighted by Gasteiger charge is 2.15. The second-order valence-electron chi connectivity index (χ2n) is 5.43. The van der Waals surface area contributed by atoms with Crippen molar-refractivity contribution in [2.75, 3.05) is 7.11 Å². The van der Waals surface area contributed by atoms with Gasteiger partial charge in [0, 0.05) is 0 Å². The molecule has 2 rings (SSSR count). The van der Waals surface area contributed by atoms with Gasteiger partial charge in [-0.05, 0) is 64.2 Å². The maximum Gasteiger partial charge on any atom is 0.343 e. The average Bonchev–Trinajstić information content (AvgIpc) is 2.46. The summed E-state index contributed by atoms with van der Waals surface area (Å²) in [7, 11) is 1.58. The van der Waals surface area contributed by atoms with Crippen molar-refractivity contribution in [3.05, 3.63) is 57.6 Å². The van der Waals surface area contributed by atoms with Crippen LogP contribution in [0.2, 0.25) is 0 Å². The first-order chi connectivity index (χ1) is 10.4. The van der Waals surface area contributed by atoms with Crippen LogP contribution in [0, 0.1) is 6.92 Å². The summed E-state index contributed by atoms with van der Waals surface area (Å²) in [5, 5.41) is 0. The van der Waals surface area contributed by atoms with E-state index >= 15 is 0 Å². The lowest BCUT2D eigenvalue weighted by Crippen LogP contribution is -2.10. The van der Waals surface area contributed by atoms with Crippen LogP contribution in [0.1, 0.15) is 41.3 Å². The molecule has 0 unspecified atom stereocenters. The first-order valence-electron chi connectivity index (χ1n) is 7.08. The molecule has 0 atom stereocenters. The molecule has 0 saturated heterocycles. The molecule has 0 bridgehead atoms. The Balaban J connectivity index is 2.29.